The van der Waals surface area contributed by atoms with E-state index in [9.17, 15) is 4.79 Å². The predicted molar refractivity (Wildman–Crippen MR) is 84.2 cm³/mol. The van der Waals surface area contributed by atoms with Crippen LogP contribution in [0.15, 0.2) is 0 Å². The van der Waals surface area contributed by atoms with Gasteiger partial charge in [-0.1, -0.05) is 19.1 Å². The Hall–Kier alpha value is 0.0600. The second-order valence-corrected chi connectivity index (χ2v) is 8.24. The first-order valence-electron chi connectivity index (χ1n) is 6.32. The highest BCUT2D eigenvalue weighted by molar-refractivity contribution is 8.06. The average Bonchev–Trinajstić information content (AvgIpc) is 2.32. The van der Waals surface area contributed by atoms with Gasteiger partial charge in [0, 0.05) is 29.1 Å². The lowest BCUT2D eigenvalue weighted by atomic mass is 9.62. The Morgan fingerprint density at radius 3 is 2.72 bits per heavy atom. The van der Waals surface area contributed by atoms with Gasteiger partial charge in [-0.2, -0.15) is 23.5 Å². The van der Waals surface area contributed by atoms with Crippen LogP contribution in [0, 0.1) is 11.3 Å². The zero-order valence-electron chi connectivity index (χ0n) is 10.6. The first-order valence-corrected chi connectivity index (χ1v) is 8.93. The van der Waals surface area contributed by atoms with Crippen LogP contribution in [0.2, 0.25) is 0 Å². The van der Waals surface area contributed by atoms with Gasteiger partial charge in [-0.3, -0.25) is 4.79 Å². The van der Waals surface area contributed by atoms with Gasteiger partial charge in [0.25, 0.3) is 0 Å². The maximum Gasteiger partial charge on any atom is 0.233 e. The number of hydrogen-bond donors (Lipinski definition) is 2. The van der Waals surface area contributed by atoms with E-state index < -0.39 is 5.41 Å². The fourth-order valence-corrected chi connectivity index (χ4v) is 5.53. The molecular weight excluding hydrogens is 284 g/mol. The Morgan fingerprint density at radius 2 is 2.22 bits per heavy atom. The van der Waals surface area contributed by atoms with Crippen molar-refractivity contribution in [1.82, 2.24) is 5.32 Å². The molecule has 3 nitrogen and oxygen atoms in total. The van der Waals surface area contributed by atoms with E-state index >= 15 is 0 Å². The molecule has 0 aromatic heterocycles. The number of hydrogen-bond acceptors (Lipinski definition) is 4. The van der Waals surface area contributed by atoms with Gasteiger partial charge < -0.3 is 11.1 Å². The van der Waals surface area contributed by atoms with Gasteiger partial charge in [0.05, 0.1) is 10.4 Å². The molecule has 0 bridgehead atoms. The average molecular weight is 305 g/mol. The quantitative estimate of drug-likeness (QED) is 0.774. The molecule has 2 aliphatic rings. The normalized spacial score (nSPS) is 35.6. The molecule has 1 aliphatic carbocycles. The molecule has 102 valence electrons. The molecule has 0 aromatic carbocycles. The summed E-state index contributed by atoms with van der Waals surface area (Å²) in [6.07, 6.45) is 1.61. The smallest absolute Gasteiger partial charge is 0.233 e. The van der Waals surface area contributed by atoms with Crippen molar-refractivity contribution in [3.63, 3.8) is 0 Å². The highest BCUT2D eigenvalue weighted by atomic mass is 32.2. The van der Waals surface area contributed by atoms with Crippen molar-refractivity contribution in [3.8, 4) is 0 Å². The summed E-state index contributed by atoms with van der Waals surface area (Å²) in [4.78, 5) is 12.6. The number of nitrogens with one attached hydrogen (secondary N) is 1. The van der Waals surface area contributed by atoms with Crippen LogP contribution in [-0.2, 0) is 4.79 Å². The Morgan fingerprint density at radius 1 is 1.50 bits per heavy atom. The third-order valence-corrected chi connectivity index (χ3v) is 6.91. The maximum atomic E-state index is 12.3. The van der Waals surface area contributed by atoms with Crippen molar-refractivity contribution in [1.29, 1.82) is 0 Å². The largest absolute Gasteiger partial charge is 0.392 e. The van der Waals surface area contributed by atoms with E-state index in [4.69, 9.17) is 18.0 Å². The molecule has 0 spiro atoms. The highest BCUT2D eigenvalue weighted by Crippen LogP contribution is 2.46. The third kappa shape index (κ3) is 2.96. The van der Waals surface area contributed by atoms with Gasteiger partial charge in [0.2, 0.25) is 5.91 Å². The van der Waals surface area contributed by atoms with E-state index in [0.29, 0.717) is 16.2 Å². The molecule has 1 saturated carbocycles. The molecule has 2 fully saturated rings. The Bertz CT molecular complexity index is 336. The first-order chi connectivity index (χ1) is 8.54. The summed E-state index contributed by atoms with van der Waals surface area (Å²) < 4.78 is 0. The van der Waals surface area contributed by atoms with Crippen LogP contribution in [0.3, 0.4) is 0 Å². The summed E-state index contributed by atoms with van der Waals surface area (Å²) in [5.41, 5.74) is 5.21. The van der Waals surface area contributed by atoms with Crippen LogP contribution in [0.4, 0.5) is 0 Å². The Balaban J connectivity index is 1.84. The van der Waals surface area contributed by atoms with Gasteiger partial charge in [0.1, 0.15) is 0 Å². The van der Waals surface area contributed by atoms with Crippen molar-refractivity contribution in [2.75, 3.05) is 23.8 Å². The summed E-state index contributed by atoms with van der Waals surface area (Å²) in [6.45, 7) is 2.88. The molecule has 6 heteroatoms. The molecular formula is C12H20N2OS3. The lowest BCUT2D eigenvalue weighted by Gasteiger charge is -2.44. The number of thioether (sulfide) groups is 2. The Labute approximate surface area is 122 Å². The fraction of sp³-hybridized carbons (Fsp3) is 0.833. The maximum absolute atomic E-state index is 12.3. The zero-order valence-corrected chi connectivity index (χ0v) is 13.1. The molecule has 2 rings (SSSR count). The van der Waals surface area contributed by atoms with E-state index in [0.717, 1.165) is 25.1 Å². The van der Waals surface area contributed by atoms with Gasteiger partial charge in [-0.05, 0) is 18.8 Å². The van der Waals surface area contributed by atoms with Crippen molar-refractivity contribution in [2.45, 2.75) is 25.0 Å². The second-order valence-electron chi connectivity index (χ2n) is 5.24. The van der Waals surface area contributed by atoms with E-state index in [1.54, 1.807) is 0 Å². The van der Waals surface area contributed by atoms with Crippen LogP contribution in [0.5, 0.6) is 0 Å². The van der Waals surface area contributed by atoms with Crippen LogP contribution in [-0.4, -0.2) is 39.9 Å². The minimum atomic E-state index is -0.554. The molecule has 1 aliphatic heterocycles. The monoisotopic (exact) mass is 304 g/mol. The van der Waals surface area contributed by atoms with Crippen LogP contribution in [0.25, 0.3) is 0 Å². The highest BCUT2D eigenvalue weighted by Gasteiger charge is 2.50. The van der Waals surface area contributed by atoms with E-state index in [-0.39, 0.29) is 5.91 Å². The molecule has 0 aromatic rings. The molecule has 1 saturated heterocycles. The minimum absolute atomic E-state index is 0.0456. The second kappa shape index (κ2) is 6.01. The lowest BCUT2D eigenvalue weighted by Crippen LogP contribution is -2.56. The van der Waals surface area contributed by atoms with Crippen molar-refractivity contribution < 1.29 is 4.79 Å². The van der Waals surface area contributed by atoms with Gasteiger partial charge >= 0.3 is 0 Å². The van der Waals surface area contributed by atoms with Crippen molar-refractivity contribution in [3.05, 3.63) is 0 Å². The molecule has 3 N–H and O–H groups in total. The standard InChI is InChI=1S/C12H20N2OS3/c1-8-4-12(5-8,10(13)16)11(15)14-6-9-7-17-2-3-18-9/h8-9H,2-7H2,1H3,(H2,13,16)(H,14,15). The molecule has 1 atom stereocenters. The number of amides is 1. The predicted octanol–water partition coefficient (Wildman–Crippen LogP) is 1.65. The summed E-state index contributed by atoms with van der Waals surface area (Å²) in [5.74, 6) is 4.13. The first kappa shape index (κ1) is 14.5. The van der Waals surface area contributed by atoms with Crippen molar-refractivity contribution >= 4 is 46.6 Å². The SMILES string of the molecule is CC1CC(C(=O)NCC2CSCCS2)(C(N)=S)C1. The molecule has 1 heterocycles. The van der Waals surface area contributed by atoms with Crippen LogP contribution < -0.4 is 11.1 Å². The third-order valence-electron chi connectivity index (χ3n) is 3.68. The van der Waals surface area contributed by atoms with E-state index in [1.807, 2.05) is 23.5 Å². The van der Waals surface area contributed by atoms with Gasteiger partial charge in [-0.25, -0.2) is 0 Å². The minimum Gasteiger partial charge on any atom is -0.392 e. The lowest BCUT2D eigenvalue weighted by molar-refractivity contribution is -0.132. The summed E-state index contributed by atoms with van der Waals surface area (Å²) in [6, 6.07) is 0. The number of thiocarbonyl (C=S) groups is 1. The van der Waals surface area contributed by atoms with E-state index in [2.05, 4.69) is 12.2 Å². The topological polar surface area (TPSA) is 55.1 Å². The van der Waals surface area contributed by atoms with Crippen LogP contribution in [0.1, 0.15) is 19.8 Å². The number of carbonyl (C=O) groups excluding carboxylic acids is 1. The Kier molecular flexibility index (Phi) is 4.83. The van der Waals surface area contributed by atoms with Gasteiger partial charge in [-0.15, -0.1) is 0 Å². The van der Waals surface area contributed by atoms with Crippen molar-refractivity contribution in [2.24, 2.45) is 17.1 Å². The van der Waals surface area contributed by atoms with Crippen LogP contribution >= 0.6 is 35.7 Å². The molecule has 1 unspecified atom stereocenters. The summed E-state index contributed by atoms with van der Waals surface area (Å²) in [5, 5.41) is 3.59. The zero-order chi connectivity index (χ0) is 13.2. The van der Waals surface area contributed by atoms with E-state index in [1.165, 1.54) is 11.5 Å². The number of carbonyl (C=O) groups is 1. The number of rotatable bonds is 4. The summed E-state index contributed by atoms with van der Waals surface area (Å²) >= 11 is 9.01. The number of nitrogens with two attached hydrogens (primary N) is 1. The summed E-state index contributed by atoms with van der Waals surface area (Å²) in [7, 11) is 0. The van der Waals surface area contributed by atoms with Gasteiger partial charge in [0.15, 0.2) is 0 Å². The fourth-order valence-electron chi connectivity index (χ4n) is 2.66. The molecule has 18 heavy (non-hydrogen) atoms. The molecule has 1 amide bonds. The molecule has 0 radical (unpaired) electrons.